The average Bonchev–Trinajstić information content (AvgIpc) is 2.59. The van der Waals surface area contributed by atoms with Crippen molar-refractivity contribution in [2.75, 3.05) is 5.75 Å². The predicted molar refractivity (Wildman–Crippen MR) is 101 cm³/mol. The molecule has 4 rings (SSSR count). The van der Waals surface area contributed by atoms with Crippen LogP contribution >= 0.6 is 11.8 Å². The zero-order valence-electron chi connectivity index (χ0n) is 12.6. The molecule has 4 aromatic rings. The molecule has 1 nitrogen and oxygen atoms in total. The quantitative estimate of drug-likeness (QED) is 0.347. The first kappa shape index (κ1) is 14.1. The van der Waals surface area contributed by atoms with E-state index in [1.807, 2.05) is 0 Å². The summed E-state index contributed by atoms with van der Waals surface area (Å²) in [5, 5.41) is 16.5. The van der Waals surface area contributed by atoms with Crippen molar-refractivity contribution >= 4 is 44.1 Å². The van der Waals surface area contributed by atoms with E-state index in [4.69, 9.17) is 5.26 Å². The van der Waals surface area contributed by atoms with Crippen LogP contribution in [-0.2, 0) is 5.75 Å². The third-order valence-corrected chi connectivity index (χ3v) is 5.08. The molecule has 4 aromatic carbocycles. The lowest BCUT2D eigenvalue weighted by molar-refractivity contribution is 1.47. The SMILES string of the molecule is N#CCSCc1c2ccccc2cc2cc3ccccc3cc12. The highest BCUT2D eigenvalue weighted by atomic mass is 32.2. The number of nitrogens with zero attached hydrogens (tertiary/aromatic N) is 1. The minimum absolute atomic E-state index is 0.526. The van der Waals surface area contributed by atoms with Crippen LogP contribution in [0.4, 0.5) is 0 Å². The van der Waals surface area contributed by atoms with Gasteiger partial charge in [-0.3, -0.25) is 0 Å². The van der Waals surface area contributed by atoms with Crippen molar-refractivity contribution < 1.29 is 0 Å². The molecule has 0 aromatic heterocycles. The van der Waals surface area contributed by atoms with Crippen molar-refractivity contribution in [3.63, 3.8) is 0 Å². The van der Waals surface area contributed by atoms with E-state index in [1.54, 1.807) is 11.8 Å². The molecule has 23 heavy (non-hydrogen) atoms. The van der Waals surface area contributed by atoms with Gasteiger partial charge in [-0.2, -0.15) is 5.26 Å². The fourth-order valence-electron chi connectivity index (χ4n) is 3.20. The first-order valence-corrected chi connectivity index (χ1v) is 8.80. The Bertz CT molecular complexity index is 1050. The zero-order valence-corrected chi connectivity index (χ0v) is 13.4. The molecule has 2 heteroatoms. The molecule has 0 fully saturated rings. The van der Waals surface area contributed by atoms with Gasteiger partial charge in [0.2, 0.25) is 0 Å². The van der Waals surface area contributed by atoms with Crippen LogP contribution in [0.2, 0.25) is 0 Å². The Kier molecular flexibility index (Phi) is 3.65. The number of benzene rings is 4. The van der Waals surface area contributed by atoms with Crippen molar-refractivity contribution in [2.45, 2.75) is 5.75 Å². The molecule has 0 N–H and O–H groups in total. The molecule has 110 valence electrons. The van der Waals surface area contributed by atoms with Crippen LogP contribution in [0.1, 0.15) is 5.56 Å². The molecule has 0 saturated carbocycles. The Morgan fingerprint density at radius 2 is 1.39 bits per heavy atom. The maximum absolute atomic E-state index is 8.84. The van der Waals surface area contributed by atoms with E-state index < -0.39 is 0 Å². The predicted octanol–water partition coefficient (Wildman–Crippen LogP) is 5.90. The standard InChI is InChI=1S/C21H15NS/c22-9-10-23-14-21-19-8-4-3-7-17(19)12-18-11-15-5-1-2-6-16(15)13-20(18)21/h1-8,11-13H,10,14H2. The van der Waals surface area contributed by atoms with Crippen molar-refractivity contribution in [2.24, 2.45) is 0 Å². The van der Waals surface area contributed by atoms with Crippen LogP contribution in [0, 0.1) is 11.3 Å². The van der Waals surface area contributed by atoms with Crippen molar-refractivity contribution in [3.05, 3.63) is 72.3 Å². The van der Waals surface area contributed by atoms with E-state index in [0.717, 1.165) is 5.75 Å². The molecule has 0 saturated heterocycles. The van der Waals surface area contributed by atoms with Gasteiger partial charge in [0.15, 0.2) is 0 Å². The second-order valence-corrected chi connectivity index (χ2v) is 6.63. The van der Waals surface area contributed by atoms with Gasteiger partial charge in [-0.15, -0.1) is 11.8 Å². The number of rotatable bonds is 3. The second-order valence-electron chi connectivity index (χ2n) is 5.65. The van der Waals surface area contributed by atoms with E-state index in [-0.39, 0.29) is 0 Å². The number of nitriles is 1. The van der Waals surface area contributed by atoms with Gasteiger partial charge in [-0.25, -0.2) is 0 Å². The lowest BCUT2D eigenvalue weighted by Gasteiger charge is -2.12. The summed E-state index contributed by atoms with van der Waals surface area (Å²) in [6.45, 7) is 0. The van der Waals surface area contributed by atoms with E-state index in [2.05, 4.69) is 72.8 Å². The highest BCUT2D eigenvalue weighted by Crippen LogP contribution is 2.33. The number of fused-ring (bicyclic) bond motifs is 3. The number of hydrogen-bond acceptors (Lipinski definition) is 2. The first-order chi connectivity index (χ1) is 11.4. The average molecular weight is 313 g/mol. The van der Waals surface area contributed by atoms with E-state index in [1.165, 1.54) is 37.9 Å². The minimum atomic E-state index is 0.526. The van der Waals surface area contributed by atoms with Crippen LogP contribution in [0.15, 0.2) is 66.7 Å². The Hall–Kier alpha value is -2.50. The normalized spacial score (nSPS) is 11.1. The maximum atomic E-state index is 8.84. The van der Waals surface area contributed by atoms with Gasteiger partial charge in [0, 0.05) is 5.75 Å². The Morgan fingerprint density at radius 1 is 0.739 bits per heavy atom. The Balaban J connectivity index is 2.05. The van der Waals surface area contributed by atoms with Gasteiger partial charge in [-0.05, 0) is 56.1 Å². The van der Waals surface area contributed by atoms with Crippen LogP contribution in [0.5, 0.6) is 0 Å². The van der Waals surface area contributed by atoms with Crippen LogP contribution < -0.4 is 0 Å². The number of hydrogen-bond donors (Lipinski definition) is 0. The molecule has 0 amide bonds. The largest absolute Gasteiger partial charge is 0.197 e. The van der Waals surface area contributed by atoms with Gasteiger partial charge in [0.25, 0.3) is 0 Å². The fourth-order valence-corrected chi connectivity index (χ4v) is 3.91. The highest BCUT2D eigenvalue weighted by Gasteiger charge is 2.09. The van der Waals surface area contributed by atoms with Crippen molar-refractivity contribution in [3.8, 4) is 6.07 Å². The molecular weight excluding hydrogens is 298 g/mol. The summed E-state index contributed by atoms with van der Waals surface area (Å²) in [6.07, 6.45) is 0. The van der Waals surface area contributed by atoms with Crippen LogP contribution in [0.25, 0.3) is 32.3 Å². The van der Waals surface area contributed by atoms with Gasteiger partial charge in [0.1, 0.15) is 0 Å². The van der Waals surface area contributed by atoms with Crippen LogP contribution in [0.3, 0.4) is 0 Å². The van der Waals surface area contributed by atoms with Gasteiger partial charge < -0.3 is 0 Å². The smallest absolute Gasteiger partial charge is 0.0811 e. The molecule has 0 aliphatic carbocycles. The van der Waals surface area contributed by atoms with Gasteiger partial charge in [0.05, 0.1) is 11.8 Å². The summed E-state index contributed by atoms with van der Waals surface area (Å²) >= 11 is 1.68. The molecule has 0 atom stereocenters. The lowest BCUT2D eigenvalue weighted by atomic mass is 9.95. The van der Waals surface area contributed by atoms with Crippen molar-refractivity contribution in [1.29, 1.82) is 5.26 Å². The molecule has 0 heterocycles. The summed E-state index contributed by atoms with van der Waals surface area (Å²) < 4.78 is 0. The highest BCUT2D eigenvalue weighted by molar-refractivity contribution is 7.98. The third kappa shape index (κ3) is 2.54. The van der Waals surface area contributed by atoms with E-state index in [0.29, 0.717) is 5.75 Å². The summed E-state index contributed by atoms with van der Waals surface area (Å²) in [5.41, 5.74) is 1.34. The summed E-state index contributed by atoms with van der Waals surface area (Å²) in [7, 11) is 0. The van der Waals surface area contributed by atoms with E-state index >= 15 is 0 Å². The maximum Gasteiger partial charge on any atom is 0.0811 e. The molecule has 0 aliphatic heterocycles. The second kappa shape index (κ2) is 5.95. The monoisotopic (exact) mass is 313 g/mol. The summed E-state index contributed by atoms with van der Waals surface area (Å²) in [5.74, 6) is 1.39. The van der Waals surface area contributed by atoms with Crippen molar-refractivity contribution in [1.82, 2.24) is 0 Å². The number of thioether (sulfide) groups is 1. The molecule has 0 aliphatic rings. The minimum Gasteiger partial charge on any atom is -0.197 e. The molecular formula is C21H15NS. The van der Waals surface area contributed by atoms with Gasteiger partial charge in [-0.1, -0.05) is 48.5 Å². The fraction of sp³-hybridized carbons (Fsp3) is 0.0952. The molecule has 0 unspecified atom stereocenters. The third-order valence-electron chi connectivity index (χ3n) is 4.25. The Labute approximate surface area is 139 Å². The lowest BCUT2D eigenvalue weighted by Crippen LogP contribution is -1.89. The van der Waals surface area contributed by atoms with Gasteiger partial charge >= 0.3 is 0 Å². The first-order valence-electron chi connectivity index (χ1n) is 7.64. The molecule has 0 spiro atoms. The van der Waals surface area contributed by atoms with E-state index in [9.17, 15) is 0 Å². The topological polar surface area (TPSA) is 23.8 Å². The Morgan fingerprint density at radius 3 is 2.17 bits per heavy atom. The summed E-state index contributed by atoms with van der Waals surface area (Å²) in [6, 6.07) is 26.1. The molecule has 0 radical (unpaired) electrons. The summed E-state index contributed by atoms with van der Waals surface area (Å²) in [4.78, 5) is 0. The van der Waals surface area contributed by atoms with Crippen LogP contribution in [-0.4, -0.2) is 5.75 Å². The zero-order chi connectivity index (χ0) is 15.6. The molecule has 0 bridgehead atoms.